The summed E-state index contributed by atoms with van der Waals surface area (Å²) in [5.41, 5.74) is 9.91. The molecule has 0 amide bonds. The second-order valence-electron chi connectivity index (χ2n) is 9.76. The Kier molecular flexibility index (Phi) is 4.57. The molecule has 156 valence electrons. The van der Waals surface area contributed by atoms with E-state index < -0.39 is 0 Å². The van der Waals surface area contributed by atoms with Crippen LogP contribution in [0.2, 0.25) is 0 Å². The zero-order valence-electron chi connectivity index (χ0n) is 19.1. The van der Waals surface area contributed by atoms with Gasteiger partial charge in [-0.15, -0.1) is 0 Å². The van der Waals surface area contributed by atoms with Crippen LogP contribution in [-0.4, -0.2) is 4.90 Å². The minimum absolute atomic E-state index is 0.132. The Bertz CT molecular complexity index is 1020. The molecule has 0 aromatic heterocycles. The van der Waals surface area contributed by atoms with Crippen LogP contribution in [0.3, 0.4) is 0 Å². The molecule has 0 radical (unpaired) electrons. The van der Waals surface area contributed by atoms with Gasteiger partial charge in [0.25, 0.3) is 0 Å². The van der Waals surface area contributed by atoms with Crippen LogP contribution in [0.5, 0.6) is 0 Å². The monoisotopic (exact) mass is 398 g/mol. The third-order valence-corrected chi connectivity index (χ3v) is 7.94. The normalized spacial score (nSPS) is 26.2. The molecule has 2 aliphatic heterocycles. The van der Waals surface area contributed by atoms with Crippen LogP contribution in [0.15, 0.2) is 66.1 Å². The first kappa shape index (κ1) is 19.5. The van der Waals surface area contributed by atoms with Gasteiger partial charge in [-0.1, -0.05) is 62.2 Å². The fraction of sp³-hybridized carbons (Fsp3) is 0.429. The molecule has 2 aromatic rings. The van der Waals surface area contributed by atoms with Crippen molar-refractivity contribution in [1.82, 2.24) is 4.90 Å². The quantitative estimate of drug-likeness (QED) is 0.532. The standard InChI is InChI=1S/C28H34N2/c1-19-11-6-9-16-24(19)30-22(4)26-28(5,23-14-7-8-15-23)17-18-29(26)27(30)25-20(2)12-10-13-21(25)3/h6,9-13,16-18,23,27H,7-8,14-15H2,1-5H3. The highest BCUT2D eigenvalue weighted by molar-refractivity contribution is 5.64. The Labute approximate surface area is 181 Å². The number of hydrogen-bond acceptors (Lipinski definition) is 2. The van der Waals surface area contributed by atoms with Gasteiger partial charge in [0, 0.05) is 34.3 Å². The number of para-hydroxylation sites is 1. The van der Waals surface area contributed by atoms with Gasteiger partial charge in [-0.3, -0.25) is 0 Å². The first-order valence-corrected chi connectivity index (χ1v) is 11.5. The molecule has 1 saturated carbocycles. The molecule has 1 fully saturated rings. The highest BCUT2D eigenvalue weighted by Gasteiger charge is 2.51. The fourth-order valence-corrected chi connectivity index (χ4v) is 6.37. The second kappa shape index (κ2) is 7.04. The highest BCUT2D eigenvalue weighted by atomic mass is 15.4. The van der Waals surface area contributed by atoms with Gasteiger partial charge in [0.15, 0.2) is 0 Å². The SMILES string of the molecule is CC1=C2N(C=CC2(C)C2CCCC2)C(c2c(C)cccc2C)N1c1ccccc1C. The van der Waals surface area contributed by atoms with Crippen LogP contribution in [0.1, 0.15) is 68.0 Å². The minimum Gasteiger partial charge on any atom is -0.324 e. The molecule has 0 saturated heterocycles. The summed E-state index contributed by atoms with van der Waals surface area (Å²) in [6.07, 6.45) is 10.5. The molecule has 5 rings (SSSR count). The molecule has 2 heteroatoms. The summed E-state index contributed by atoms with van der Waals surface area (Å²) in [5.74, 6) is 0.749. The van der Waals surface area contributed by atoms with Crippen molar-refractivity contribution in [3.8, 4) is 0 Å². The maximum atomic E-state index is 2.61. The van der Waals surface area contributed by atoms with Crippen LogP contribution in [0, 0.1) is 32.1 Å². The number of anilines is 1. The smallest absolute Gasteiger partial charge is 0.136 e. The summed E-state index contributed by atoms with van der Waals surface area (Å²) in [6, 6.07) is 15.6. The fourth-order valence-electron chi connectivity index (χ4n) is 6.37. The number of aryl methyl sites for hydroxylation is 3. The molecule has 2 heterocycles. The minimum atomic E-state index is 0.132. The molecule has 0 bridgehead atoms. The Balaban J connectivity index is 1.72. The van der Waals surface area contributed by atoms with E-state index in [9.17, 15) is 0 Å². The molecule has 2 nitrogen and oxygen atoms in total. The summed E-state index contributed by atoms with van der Waals surface area (Å²) >= 11 is 0. The highest BCUT2D eigenvalue weighted by Crippen LogP contribution is 2.58. The molecule has 1 aliphatic carbocycles. The molecule has 2 aromatic carbocycles. The van der Waals surface area contributed by atoms with Crippen molar-refractivity contribution in [2.24, 2.45) is 11.3 Å². The Morgan fingerprint density at radius 1 is 0.833 bits per heavy atom. The Hall–Kier alpha value is -2.48. The molecular formula is C28H34N2. The van der Waals surface area contributed by atoms with Gasteiger partial charge >= 0.3 is 0 Å². The Morgan fingerprint density at radius 2 is 1.47 bits per heavy atom. The maximum absolute atomic E-state index is 2.61. The number of nitrogens with zero attached hydrogens (tertiary/aromatic N) is 2. The third kappa shape index (κ3) is 2.69. The van der Waals surface area contributed by atoms with Gasteiger partial charge in [0.05, 0.1) is 0 Å². The predicted octanol–water partition coefficient (Wildman–Crippen LogP) is 7.39. The summed E-state index contributed by atoms with van der Waals surface area (Å²) < 4.78 is 0. The molecule has 0 spiro atoms. The van der Waals surface area contributed by atoms with E-state index in [2.05, 4.69) is 99.2 Å². The number of hydrogen-bond donors (Lipinski definition) is 0. The van der Waals surface area contributed by atoms with Gasteiger partial charge in [-0.25, -0.2) is 0 Å². The predicted molar refractivity (Wildman–Crippen MR) is 126 cm³/mol. The lowest BCUT2D eigenvalue weighted by Crippen LogP contribution is -2.32. The van der Waals surface area contributed by atoms with E-state index in [4.69, 9.17) is 0 Å². The number of allylic oxidation sites excluding steroid dienone is 2. The van der Waals surface area contributed by atoms with Crippen molar-refractivity contribution in [3.05, 3.63) is 88.4 Å². The zero-order chi connectivity index (χ0) is 21.0. The van der Waals surface area contributed by atoms with Crippen LogP contribution >= 0.6 is 0 Å². The van der Waals surface area contributed by atoms with Gasteiger partial charge in [0.1, 0.15) is 6.17 Å². The van der Waals surface area contributed by atoms with Crippen molar-refractivity contribution >= 4 is 5.69 Å². The number of benzene rings is 2. The van der Waals surface area contributed by atoms with Gasteiger partial charge < -0.3 is 9.80 Å². The number of rotatable bonds is 3. The molecule has 2 atom stereocenters. The van der Waals surface area contributed by atoms with E-state index in [1.807, 2.05) is 0 Å². The lowest BCUT2D eigenvalue weighted by molar-refractivity contribution is 0.264. The van der Waals surface area contributed by atoms with E-state index in [-0.39, 0.29) is 11.6 Å². The topological polar surface area (TPSA) is 6.48 Å². The largest absolute Gasteiger partial charge is 0.324 e. The third-order valence-electron chi connectivity index (χ3n) is 7.94. The van der Waals surface area contributed by atoms with Crippen molar-refractivity contribution in [2.75, 3.05) is 4.90 Å². The average Bonchev–Trinajstić information content (AvgIpc) is 3.42. The lowest BCUT2D eigenvalue weighted by Gasteiger charge is -2.36. The van der Waals surface area contributed by atoms with E-state index in [1.54, 1.807) is 0 Å². The van der Waals surface area contributed by atoms with Gasteiger partial charge in [0.2, 0.25) is 0 Å². The van der Waals surface area contributed by atoms with E-state index in [0.29, 0.717) is 0 Å². The average molecular weight is 399 g/mol. The van der Waals surface area contributed by atoms with E-state index >= 15 is 0 Å². The molecule has 2 unspecified atom stereocenters. The van der Waals surface area contributed by atoms with Crippen molar-refractivity contribution in [2.45, 2.75) is 66.5 Å². The summed E-state index contributed by atoms with van der Waals surface area (Å²) in [5, 5.41) is 0. The summed E-state index contributed by atoms with van der Waals surface area (Å²) in [4.78, 5) is 5.20. The van der Waals surface area contributed by atoms with Gasteiger partial charge in [-0.2, -0.15) is 0 Å². The summed E-state index contributed by atoms with van der Waals surface area (Å²) in [6.45, 7) is 11.6. The zero-order valence-corrected chi connectivity index (χ0v) is 19.1. The molecule has 30 heavy (non-hydrogen) atoms. The Morgan fingerprint density at radius 3 is 2.13 bits per heavy atom. The van der Waals surface area contributed by atoms with E-state index in [0.717, 1.165) is 5.92 Å². The molecular weight excluding hydrogens is 364 g/mol. The first-order valence-electron chi connectivity index (χ1n) is 11.5. The molecule has 0 N–H and O–H groups in total. The van der Waals surface area contributed by atoms with Crippen molar-refractivity contribution < 1.29 is 0 Å². The van der Waals surface area contributed by atoms with Crippen LogP contribution in [-0.2, 0) is 0 Å². The van der Waals surface area contributed by atoms with E-state index in [1.165, 1.54) is 65.0 Å². The lowest BCUT2D eigenvalue weighted by atomic mass is 9.74. The van der Waals surface area contributed by atoms with Crippen LogP contribution < -0.4 is 4.90 Å². The number of fused-ring (bicyclic) bond motifs is 1. The van der Waals surface area contributed by atoms with Crippen molar-refractivity contribution in [3.63, 3.8) is 0 Å². The summed E-state index contributed by atoms with van der Waals surface area (Å²) in [7, 11) is 0. The molecule has 3 aliphatic rings. The van der Waals surface area contributed by atoms with Gasteiger partial charge in [-0.05, 0) is 69.2 Å². The second-order valence-corrected chi connectivity index (χ2v) is 9.76. The first-order chi connectivity index (χ1) is 14.4. The van der Waals surface area contributed by atoms with Crippen LogP contribution in [0.4, 0.5) is 5.69 Å². The maximum Gasteiger partial charge on any atom is 0.136 e. The van der Waals surface area contributed by atoms with Crippen LogP contribution in [0.25, 0.3) is 0 Å². The van der Waals surface area contributed by atoms with Crippen molar-refractivity contribution in [1.29, 1.82) is 0 Å².